The van der Waals surface area contributed by atoms with E-state index in [4.69, 9.17) is 4.74 Å². The normalized spacial score (nSPS) is 17.7. The number of nitrogens with zero attached hydrogens (tertiary/aromatic N) is 1. The van der Waals surface area contributed by atoms with Crippen molar-refractivity contribution in [2.45, 2.75) is 45.0 Å². The van der Waals surface area contributed by atoms with Crippen LogP contribution in [0, 0.1) is 11.6 Å². The molecule has 192 valence electrons. The number of amides is 3. The molecule has 0 aliphatic carbocycles. The number of nitrogens with one attached hydrogen (secondary N) is 2. The Balaban J connectivity index is 1.55. The number of cyclic esters (lactones) is 1. The van der Waals surface area contributed by atoms with Gasteiger partial charge in [0.05, 0.1) is 6.54 Å². The summed E-state index contributed by atoms with van der Waals surface area (Å²) in [6.45, 7) is 3.88. The lowest BCUT2D eigenvalue weighted by atomic mass is 10.00. The topological polar surface area (TPSA) is 87.7 Å². The first-order valence-corrected chi connectivity index (χ1v) is 11.9. The average Bonchev–Trinajstić information content (AvgIpc) is 3.21. The fourth-order valence-corrected chi connectivity index (χ4v) is 3.99. The largest absolute Gasteiger partial charge is 0.438 e. The Morgan fingerprint density at radius 1 is 0.946 bits per heavy atom. The maximum Gasteiger partial charge on any atom is 0.411 e. The number of hydrogen-bond acceptors (Lipinski definition) is 4. The second-order valence-electron chi connectivity index (χ2n) is 8.90. The van der Waals surface area contributed by atoms with Crippen molar-refractivity contribution in [1.82, 2.24) is 10.2 Å². The Bertz CT molecular complexity index is 1260. The zero-order valence-electron chi connectivity index (χ0n) is 20.4. The summed E-state index contributed by atoms with van der Waals surface area (Å²) in [6, 6.07) is 16.4. The molecule has 3 amide bonds. The van der Waals surface area contributed by atoms with Crippen molar-refractivity contribution in [1.29, 1.82) is 0 Å². The van der Waals surface area contributed by atoms with Gasteiger partial charge in [0, 0.05) is 17.3 Å². The van der Waals surface area contributed by atoms with Crippen LogP contribution in [0.4, 0.5) is 19.3 Å². The van der Waals surface area contributed by atoms with Crippen molar-refractivity contribution in [3.05, 3.63) is 101 Å². The molecular weight excluding hydrogens is 480 g/mol. The van der Waals surface area contributed by atoms with Crippen LogP contribution in [0.3, 0.4) is 0 Å². The van der Waals surface area contributed by atoms with Crippen molar-refractivity contribution in [3.8, 4) is 0 Å². The molecule has 1 aliphatic rings. The summed E-state index contributed by atoms with van der Waals surface area (Å²) in [5, 5.41) is 5.65. The standard InChI is InChI=1S/C28H27F2N3O4/c1-3-17(2)31-27(35)24-25(37-28(36)33(24)16-18-4-10-21(29)11-5-18)19-8-14-23(15-9-19)32-26(34)20-6-12-22(30)13-7-20/h4-15,17,24-25H,3,16H2,1-2H3,(H,31,35)(H,32,34)/t17-,24-,25-/m0/s1. The molecule has 2 N–H and O–H groups in total. The molecule has 0 bridgehead atoms. The highest BCUT2D eigenvalue weighted by Crippen LogP contribution is 2.34. The number of rotatable bonds is 8. The van der Waals surface area contributed by atoms with Crippen LogP contribution in [0.5, 0.6) is 0 Å². The van der Waals surface area contributed by atoms with Crippen molar-refractivity contribution < 1.29 is 27.9 Å². The fraction of sp³-hybridized carbons (Fsp3) is 0.250. The van der Waals surface area contributed by atoms with Crippen molar-refractivity contribution in [3.63, 3.8) is 0 Å². The number of carbonyl (C=O) groups is 3. The zero-order valence-corrected chi connectivity index (χ0v) is 20.4. The van der Waals surface area contributed by atoms with E-state index < -0.39 is 35.8 Å². The lowest BCUT2D eigenvalue weighted by Crippen LogP contribution is -2.48. The second-order valence-corrected chi connectivity index (χ2v) is 8.90. The van der Waals surface area contributed by atoms with Crippen LogP contribution in [0.25, 0.3) is 0 Å². The van der Waals surface area contributed by atoms with Crippen LogP contribution in [-0.4, -0.2) is 34.9 Å². The highest BCUT2D eigenvalue weighted by Gasteiger charge is 2.47. The lowest BCUT2D eigenvalue weighted by molar-refractivity contribution is -0.127. The van der Waals surface area contributed by atoms with Crippen molar-refractivity contribution in [2.75, 3.05) is 5.32 Å². The molecule has 1 saturated heterocycles. The third kappa shape index (κ3) is 6.11. The van der Waals surface area contributed by atoms with E-state index in [1.807, 2.05) is 13.8 Å². The molecule has 1 aliphatic heterocycles. The molecule has 0 saturated carbocycles. The van der Waals surface area contributed by atoms with Crippen LogP contribution in [0.2, 0.25) is 0 Å². The van der Waals surface area contributed by atoms with Crippen LogP contribution in [0.15, 0.2) is 72.8 Å². The van der Waals surface area contributed by atoms with E-state index in [1.165, 1.54) is 41.3 Å². The van der Waals surface area contributed by atoms with Crippen molar-refractivity contribution in [2.24, 2.45) is 0 Å². The molecule has 37 heavy (non-hydrogen) atoms. The third-order valence-corrected chi connectivity index (χ3v) is 6.22. The predicted molar refractivity (Wildman–Crippen MR) is 134 cm³/mol. The molecule has 0 aromatic heterocycles. The number of hydrogen-bond donors (Lipinski definition) is 2. The monoisotopic (exact) mass is 507 g/mol. The number of carbonyl (C=O) groups excluding carboxylic acids is 3. The molecule has 0 radical (unpaired) electrons. The first-order valence-electron chi connectivity index (χ1n) is 11.9. The molecule has 3 atom stereocenters. The average molecular weight is 508 g/mol. The molecule has 0 spiro atoms. The first kappa shape index (κ1) is 25.8. The van der Waals surface area contributed by atoms with Gasteiger partial charge in [-0.2, -0.15) is 0 Å². The Kier molecular flexibility index (Phi) is 7.81. The first-order chi connectivity index (χ1) is 17.7. The van der Waals surface area contributed by atoms with Gasteiger partial charge in [-0.3, -0.25) is 14.5 Å². The number of benzene rings is 3. The summed E-state index contributed by atoms with van der Waals surface area (Å²) < 4.78 is 32.1. The SMILES string of the molecule is CC[C@H](C)NC(=O)[C@@H]1[C@H](c2ccc(NC(=O)c3ccc(F)cc3)cc2)OC(=O)N1Cc1ccc(F)cc1. The van der Waals surface area contributed by atoms with Gasteiger partial charge in [0.2, 0.25) is 5.91 Å². The predicted octanol–water partition coefficient (Wildman–Crippen LogP) is 5.19. The number of ether oxygens (including phenoxy) is 1. The summed E-state index contributed by atoms with van der Waals surface area (Å²) in [7, 11) is 0. The van der Waals surface area contributed by atoms with Gasteiger partial charge in [-0.15, -0.1) is 0 Å². The van der Waals surface area contributed by atoms with E-state index in [0.717, 1.165) is 0 Å². The Morgan fingerprint density at radius 3 is 2.14 bits per heavy atom. The van der Waals surface area contributed by atoms with E-state index in [2.05, 4.69) is 10.6 Å². The summed E-state index contributed by atoms with van der Waals surface area (Å²) in [6.07, 6.45) is -0.843. The third-order valence-electron chi connectivity index (χ3n) is 6.22. The molecule has 9 heteroatoms. The summed E-state index contributed by atoms with van der Waals surface area (Å²) in [5.74, 6) is -1.60. The minimum atomic E-state index is -0.953. The second kappa shape index (κ2) is 11.2. The van der Waals surface area contributed by atoms with Gasteiger partial charge < -0.3 is 15.4 Å². The van der Waals surface area contributed by atoms with Crippen LogP contribution in [0.1, 0.15) is 47.9 Å². The van der Waals surface area contributed by atoms with E-state index in [0.29, 0.717) is 28.8 Å². The minimum Gasteiger partial charge on any atom is -0.438 e. The molecule has 3 aromatic carbocycles. The van der Waals surface area contributed by atoms with Gasteiger partial charge in [-0.05, 0) is 73.0 Å². The maximum atomic E-state index is 13.4. The summed E-state index contributed by atoms with van der Waals surface area (Å²) in [4.78, 5) is 39.9. The Labute approximate surface area is 213 Å². The quantitative estimate of drug-likeness (QED) is 0.439. The van der Waals surface area contributed by atoms with E-state index in [1.54, 1.807) is 36.4 Å². The minimum absolute atomic E-state index is 0.0695. The zero-order chi connectivity index (χ0) is 26.5. The lowest BCUT2D eigenvalue weighted by Gasteiger charge is -2.25. The van der Waals surface area contributed by atoms with Gasteiger partial charge in [0.1, 0.15) is 11.6 Å². The summed E-state index contributed by atoms with van der Waals surface area (Å²) in [5.41, 5.74) is 2.00. The fourth-order valence-electron chi connectivity index (χ4n) is 3.99. The smallest absolute Gasteiger partial charge is 0.411 e. The van der Waals surface area contributed by atoms with Gasteiger partial charge in [0.15, 0.2) is 12.1 Å². The molecule has 1 heterocycles. The molecule has 0 unspecified atom stereocenters. The van der Waals surface area contributed by atoms with Gasteiger partial charge in [-0.1, -0.05) is 31.2 Å². The van der Waals surface area contributed by atoms with Gasteiger partial charge in [0.25, 0.3) is 5.91 Å². The molecule has 7 nitrogen and oxygen atoms in total. The van der Waals surface area contributed by atoms with Crippen LogP contribution in [-0.2, 0) is 16.1 Å². The maximum absolute atomic E-state index is 13.4. The van der Waals surface area contributed by atoms with Crippen molar-refractivity contribution >= 4 is 23.6 Å². The summed E-state index contributed by atoms with van der Waals surface area (Å²) >= 11 is 0. The van der Waals surface area contributed by atoms with Crippen LogP contribution < -0.4 is 10.6 Å². The van der Waals surface area contributed by atoms with E-state index in [9.17, 15) is 23.2 Å². The molecular formula is C28H27F2N3O4. The number of halogens is 2. The molecule has 4 rings (SSSR count). The Hall–Kier alpha value is -4.27. The number of anilines is 1. The van der Waals surface area contributed by atoms with Gasteiger partial charge >= 0.3 is 6.09 Å². The molecule has 3 aromatic rings. The molecule has 1 fully saturated rings. The van der Waals surface area contributed by atoms with Crippen LogP contribution >= 0.6 is 0 Å². The van der Waals surface area contributed by atoms with E-state index in [-0.39, 0.29) is 18.5 Å². The Morgan fingerprint density at radius 2 is 1.54 bits per heavy atom. The van der Waals surface area contributed by atoms with Gasteiger partial charge in [-0.25, -0.2) is 13.6 Å². The highest BCUT2D eigenvalue weighted by atomic mass is 19.1. The highest BCUT2D eigenvalue weighted by molar-refractivity contribution is 6.04. The van der Waals surface area contributed by atoms with E-state index >= 15 is 0 Å².